The highest BCUT2D eigenvalue weighted by Gasteiger charge is 1.95. The lowest BCUT2D eigenvalue weighted by Crippen LogP contribution is -2.04. The summed E-state index contributed by atoms with van der Waals surface area (Å²) in [6.07, 6.45) is 0.968. The van der Waals surface area contributed by atoms with Crippen LogP contribution in [0.1, 0.15) is 47.0 Å². The predicted octanol–water partition coefficient (Wildman–Crippen LogP) is 1.52. The van der Waals surface area contributed by atoms with Gasteiger partial charge in [-0.1, -0.05) is 0 Å². The van der Waals surface area contributed by atoms with Crippen LogP contribution in [-0.2, 0) is 23.9 Å². The van der Waals surface area contributed by atoms with Crippen LogP contribution in [0.5, 0.6) is 0 Å². The lowest BCUT2D eigenvalue weighted by atomic mass is 10.2. The second-order valence-corrected chi connectivity index (χ2v) is 4.10. The van der Waals surface area contributed by atoms with E-state index in [9.17, 15) is 19.2 Å². The van der Waals surface area contributed by atoms with Crippen LogP contribution in [0.15, 0.2) is 0 Å². The maximum atomic E-state index is 10.4. The summed E-state index contributed by atoms with van der Waals surface area (Å²) < 4.78 is 5.01. The molecule has 0 aromatic heterocycles. The molecule has 0 aromatic carbocycles. The van der Waals surface area contributed by atoms with Crippen molar-refractivity contribution in [1.29, 1.82) is 0 Å². The van der Waals surface area contributed by atoms with Crippen LogP contribution in [0.3, 0.4) is 0 Å². The molecule has 0 aliphatic heterocycles. The topological polar surface area (TPSA) is 77.5 Å². The number of ketones is 4. The first-order chi connectivity index (χ1) is 8.25. The van der Waals surface area contributed by atoms with Crippen LogP contribution in [-0.4, -0.2) is 36.3 Å². The van der Waals surface area contributed by atoms with Gasteiger partial charge >= 0.3 is 0 Å². The van der Waals surface area contributed by atoms with Gasteiger partial charge < -0.3 is 4.74 Å². The molecule has 0 unspecified atom stereocenters. The Morgan fingerprint density at radius 1 is 0.667 bits per heavy atom. The van der Waals surface area contributed by atoms with E-state index in [1.54, 1.807) is 0 Å². The zero-order chi connectivity index (χ0) is 14.6. The molecule has 0 atom stereocenters. The summed E-state index contributed by atoms with van der Waals surface area (Å²) in [6, 6.07) is 0. The van der Waals surface area contributed by atoms with E-state index >= 15 is 0 Å². The minimum absolute atomic E-state index is 0.0625. The standard InChI is InChI=1S/C8H14O3.C5H8O2/c1-7(9)3-5-11-6-4-8(2)10;1-4(6)3-5(2)7/h3-6H2,1-2H3;3H2,1-2H3. The summed E-state index contributed by atoms with van der Waals surface area (Å²) in [6.45, 7) is 6.72. The maximum absolute atomic E-state index is 10.4. The molecule has 0 fully saturated rings. The van der Waals surface area contributed by atoms with Gasteiger partial charge in [0.25, 0.3) is 0 Å². The van der Waals surface area contributed by atoms with Gasteiger partial charge in [0, 0.05) is 12.8 Å². The van der Waals surface area contributed by atoms with Gasteiger partial charge in [-0.05, 0) is 27.7 Å². The fourth-order valence-corrected chi connectivity index (χ4v) is 0.884. The second kappa shape index (κ2) is 12.1. The average Bonchev–Trinajstić information content (AvgIpc) is 2.14. The average molecular weight is 258 g/mol. The van der Waals surface area contributed by atoms with E-state index in [1.807, 2.05) is 0 Å². The van der Waals surface area contributed by atoms with Crippen molar-refractivity contribution < 1.29 is 23.9 Å². The number of hydrogen-bond donors (Lipinski definition) is 0. The SMILES string of the molecule is CC(=O)CC(C)=O.CC(=O)CCOCCC(C)=O. The molecule has 0 saturated heterocycles. The normalized spacial score (nSPS) is 9.11. The van der Waals surface area contributed by atoms with E-state index in [0.29, 0.717) is 26.1 Å². The molecular formula is C13H22O5. The largest absolute Gasteiger partial charge is 0.381 e. The van der Waals surface area contributed by atoms with Gasteiger partial charge in [-0.2, -0.15) is 0 Å². The first-order valence-electron chi connectivity index (χ1n) is 5.81. The number of hydrogen-bond acceptors (Lipinski definition) is 5. The number of Topliss-reactive ketones (excluding diaryl/α,β-unsaturated/α-hetero) is 4. The van der Waals surface area contributed by atoms with Crippen LogP contribution in [0.4, 0.5) is 0 Å². The Kier molecular flexibility index (Phi) is 12.8. The highest BCUT2D eigenvalue weighted by molar-refractivity contribution is 5.96. The number of ether oxygens (including phenoxy) is 1. The molecule has 104 valence electrons. The third-order valence-corrected chi connectivity index (χ3v) is 1.69. The lowest BCUT2D eigenvalue weighted by molar-refractivity contribution is -0.125. The lowest BCUT2D eigenvalue weighted by Gasteiger charge is -1.99. The third kappa shape index (κ3) is 24.1. The monoisotopic (exact) mass is 258 g/mol. The molecule has 0 heterocycles. The molecule has 0 N–H and O–H groups in total. The van der Waals surface area contributed by atoms with Gasteiger partial charge in [0.2, 0.25) is 0 Å². The minimum Gasteiger partial charge on any atom is -0.381 e. The molecule has 0 saturated carbocycles. The highest BCUT2D eigenvalue weighted by atomic mass is 16.5. The maximum Gasteiger partial charge on any atom is 0.137 e. The van der Waals surface area contributed by atoms with Crippen molar-refractivity contribution in [3.8, 4) is 0 Å². The molecule has 5 nitrogen and oxygen atoms in total. The molecule has 0 aliphatic rings. The summed E-state index contributed by atoms with van der Waals surface area (Å²) in [4.78, 5) is 40.9. The first kappa shape index (κ1) is 19.0. The van der Waals surface area contributed by atoms with Gasteiger partial charge in [0.15, 0.2) is 0 Å². The van der Waals surface area contributed by atoms with Crippen molar-refractivity contribution in [2.24, 2.45) is 0 Å². The molecule has 0 rings (SSSR count). The number of carbonyl (C=O) groups is 4. The minimum atomic E-state index is -0.0625. The summed E-state index contributed by atoms with van der Waals surface area (Å²) in [7, 11) is 0. The molecule has 5 heteroatoms. The molecule has 0 spiro atoms. The number of carbonyl (C=O) groups excluding carboxylic acids is 4. The van der Waals surface area contributed by atoms with Crippen LogP contribution >= 0.6 is 0 Å². The Hall–Kier alpha value is -1.36. The van der Waals surface area contributed by atoms with E-state index in [0.717, 1.165) is 0 Å². The van der Waals surface area contributed by atoms with E-state index in [4.69, 9.17) is 4.74 Å². The smallest absolute Gasteiger partial charge is 0.137 e. The third-order valence-electron chi connectivity index (χ3n) is 1.69. The molecule has 0 amide bonds. The molecular weight excluding hydrogens is 236 g/mol. The fourth-order valence-electron chi connectivity index (χ4n) is 0.884. The zero-order valence-electron chi connectivity index (χ0n) is 11.6. The Labute approximate surface area is 108 Å². The highest BCUT2D eigenvalue weighted by Crippen LogP contribution is 1.87. The fraction of sp³-hybridized carbons (Fsp3) is 0.692. The van der Waals surface area contributed by atoms with E-state index in [1.165, 1.54) is 27.7 Å². The molecule has 18 heavy (non-hydrogen) atoms. The zero-order valence-corrected chi connectivity index (χ0v) is 11.6. The summed E-state index contributed by atoms with van der Waals surface area (Å²) >= 11 is 0. The first-order valence-corrected chi connectivity index (χ1v) is 5.81. The van der Waals surface area contributed by atoms with Crippen LogP contribution in [0.2, 0.25) is 0 Å². The summed E-state index contributed by atoms with van der Waals surface area (Å²) in [5, 5.41) is 0. The Bertz CT molecular complexity index is 266. The van der Waals surface area contributed by atoms with Crippen molar-refractivity contribution in [1.82, 2.24) is 0 Å². The van der Waals surface area contributed by atoms with Crippen molar-refractivity contribution >= 4 is 23.1 Å². The molecule has 0 radical (unpaired) electrons. The van der Waals surface area contributed by atoms with Gasteiger partial charge in [-0.15, -0.1) is 0 Å². The molecule has 0 aliphatic carbocycles. The van der Waals surface area contributed by atoms with Crippen molar-refractivity contribution in [2.75, 3.05) is 13.2 Å². The van der Waals surface area contributed by atoms with Crippen LogP contribution in [0.25, 0.3) is 0 Å². The van der Waals surface area contributed by atoms with E-state index < -0.39 is 0 Å². The summed E-state index contributed by atoms with van der Waals surface area (Å²) in [5.41, 5.74) is 0. The van der Waals surface area contributed by atoms with E-state index in [-0.39, 0.29) is 29.6 Å². The quantitative estimate of drug-likeness (QED) is 0.487. The van der Waals surface area contributed by atoms with Gasteiger partial charge in [-0.25, -0.2) is 0 Å². The van der Waals surface area contributed by atoms with E-state index in [2.05, 4.69) is 0 Å². The van der Waals surface area contributed by atoms with Crippen molar-refractivity contribution in [3.63, 3.8) is 0 Å². The predicted molar refractivity (Wildman–Crippen MR) is 67.4 cm³/mol. The van der Waals surface area contributed by atoms with Crippen LogP contribution in [0, 0.1) is 0 Å². The van der Waals surface area contributed by atoms with Gasteiger partial charge in [0.05, 0.1) is 19.6 Å². The van der Waals surface area contributed by atoms with Crippen LogP contribution < -0.4 is 0 Å². The van der Waals surface area contributed by atoms with Gasteiger partial charge in [0.1, 0.15) is 23.1 Å². The molecule has 0 aromatic rings. The van der Waals surface area contributed by atoms with Gasteiger partial charge in [-0.3, -0.25) is 19.2 Å². The summed E-state index contributed by atoms with van der Waals surface area (Å²) in [5.74, 6) is 0.112. The molecule has 0 bridgehead atoms. The Balaban J connectivity index is 0. The van der Waals surface area contributed by atoms with Crippen molar-refractivity contribution in [3.05, 3.63) is 0 Å². The number of rotatable bonds is 8. The Morgan fingerprint density at radius 3 is 1.17 bits per heavy atom. The Morgan fingerprint density at radius 2 is 1.00 bits per heavy atom. The second-order valence-electron chi connectivity index (χ2n) is 4.10. The van der Waals surface area contributed by atoms with Crippen molar-refractivity contribution in [2.45, 2.75) is 47.0 Å².